The second-order valence-electron chi connectivity index (χ2n) is 4.63. The minimum Gasteiger partial charge on any atom is -0.376 e. The van der Waals surface area contributed by atoms with Crippen molar-refractivity contribution >= 4 is 5.95 Å². The molecule has 0 bridgehead atoms. The first-order valence-corrected chi connectivity index (χ1v) is 6.23. The first-order chi connectivity index (χ1) is 8.20. The monoisotopic (exact) mass is 235 g/mol. The zero-order chi connectivity index (χ0) is 12.3. The number of hydrogen-bond acceptors (Lipinski definition) is 3. The molecule has 1 aliphatic heterocycles. The Morgan fingerprint density at radius 3 is 3.24 bits per heavy atom. The highest BCUT2D eigenvalue weighted by atomic mass is 16.5. The third-order valence-electron chi connectivity index (χ3n) is 3.10. The van der Waals surface area contributed by atoms with E-state index in [1.54, 1.807) is 0 Å². The lowest BCUT2D eigenvalue weighted by Gasteiger charge is -2.20. The fraction of sp³-hybridized carbons (Fsp3) is 0.615. The molecule has 0 radical (unpaired) electrons. The molecule has 1 aromatic heterocycles. The van der Waals surface area contributed by atoms with Gasteiger partial charge in [0.1, 0.15) is 0 Å². The van der Waals surface area contributed by atoms with Crippen LogP contribution in [0, 0.1) is 6.92 Å². The molecule has 2 unspecified atom stereocenters. The highest BCUT2D eigenvalue weighted by Gasteiger charge is 2.23. The number of anilines is 1. The number of imidazole rings is 1. The molecule has 0 saturated carbocycles. The predicted molar refractivity (Wildman–Crippen MR) is 69.2 cm³/mol. The Morgan fingerprint density at radius 1 is 1.76 bits per heavy atom. The van der Waals surface area contributed by atoms with Crippen molar-refractivity contribution in [3.63, 3.8) is 0 Å². The second kappa shape index (κ2) is 5.36. The van der Waals surface area contributed by atoms with Crippen LogP contribution in [0.15, 0.2) is 18.9 Å². The van der Waals surface area contributed by atoms with E-state index < -0.39 is 0 Å². The zero-order valence-electron chi connectivity index (χ0n) is 10.6. The third kappa shape index (κ3) is 2.88. The van der Waals surface area contributed by atoms with Gasteiger partial charge >= 0.3 is 0 Å². The quantitative estimate of drug-likeness (QED) is 0.796. The molecule has 17 heavy (non-hydrogen) atoms. The van der Waals surface area contributed by atoms with Gasteiger partial charge in [-0.05, 0) is 26.7 Å². The summed E-state index contributed by atoms with van der Waals surface area (Å²) in [6.45, 7) is 9.58. The minimum atomic E-state index is 0.294. The Kier molecular flexibility index (Phi) is 3.84. The maximum Gasteiger partial charge on any atom is 0.203 e. The molecule has 2 atom stereocenters. The van der Waals surface area contributed by atoms with Crippen LogP contribution in [0.4, 0.5) is 5.95 Å². The summed E-state index contributed by atoms with van der Waals surface area (Å²) in [6, 6.07) is 0.294. The van der Waals surface area contributed by atoms with Crippen LogP contribution in [0.3, 0.4) is 0 Å². The lowest BCUT2D eigenvalue weighted by Crippen LogP contribution is -2.31. The Morgan fingerprint density at radius 2 is 2.59 bits per heavy atom. The lowest BCUT2D eigenvalue weighted by atomic mass is 10.1. The normalized spacial score (nSPS) is 21.4. The van der Waals surface area contributed by atoms with E-state index in [4.69, 9.17) is 4.74 Å². The molecule has 0 amide bonds. The van der Waals surface area contributed by atoms with Gasteiger partial charge in [0.2, 0.25) is 5.95 Å². The summed E-state index contributed by atoms with van der Waals surface area (Å²) in [5.41, 5.74) is 1.02. The van der Waals surface area contributed by atoms with Crippen molar-refractivity contribution in [1.82, 2.24) is 9.55 Å². The van der Waals surface area contributed by atoms with Crippen LogP contribution in [-0.2, 0) is 11.3 Å². The number of ether oxygens (including phenoxy) is 1. The van der Waals surface area contributed by atoms with E-state index in [1.165, 1.54) is 0 Å². The van der Waals surface area contributed by atoms with Crippen LogP contribution < -0.4 is 5.32 Å². The van der Waals surface area contributed by atoms with Crippen molar-refractivity contribution in [3.8, 4) is 0 Å². The van der Waals surface area contributed by atoms with Crippen molar-refractivity contribution in [2.75, 3.05) is 11.9 Å². The van der Waals surface area contributed by atoms with Gasteiger partial charge in [0.15, 0.2) is 0 Å². The molecular weight excluding hydrogens is 214 g/mol. The average molecular weight is 235 g/mol. The molecule has 1 aromatic rings. The van der Waals surface area contributed by atoms with Crippen molar-refractivity contribution in [3.05, 3.63) is 24.5 Å². The van der Waals surface area contributed by atoms with E-state index in [0.717, 1.165) is 37.6 Å². The van der Waals surface area contributed by atoms with E-state index in [9.17, 15) is 0 Å². The summed E-state index contributed by atoms with van der Waals surface area (Å²) in [4.78, 5) is 4.49. The molecule has 94 valence electrons. The van der Waals surface area contributed by atoms with Crippen LogP contribution in [0.25, 0.3) is 0 Å². The SMILES string of the molecule is C=CCn1cc(C)nc1NC(C)C1CCCO1. The molecule has 1 N–H and O–H groups in total. The third-order valence-corrected chi connectivity index (χ3v) is 3.10. The maximum atomic E-state index is 5.67. The van der Waals surface area contributed by atoms with Gasteiger partial charge in [0.25, 0.3) is 0 Å². The van der Waals surface area contributed by atoms with Crippen LogP contribution in [0.2, 0.25) is 0 Å². The van der Waals surface area contributed by atoms with E-state index in [-0.39, 0.29) is 0 Å². The number of allylic oxidation sites excluding steroid dienone is 1. The van der Waals surface area contributed by atoms with Gasteiger partial charge in [-0.3, -0.25) is 0 Å². The fourth-order valence-electron chi connectivity index (χ4n) is 2.23. The molecule has 4 nitrogen and oxygen atoms in total. The number of aromatic nitrogens is 2. The molecule has 4 heteroatoms. The Balaban J connectivity index is 2.03. The molecule has 0 spiro atoms. The van der Waals surface area contributed by atoms with Gasteiger partial charge in [-0.25, -0.2) is 4.98 Å². The van der Waals surface area contributed by atoms with E-state index >= 15 is 0 Å². The van der Waals surface area contributed by atoms with Gasteiger partial charge in [0.05, 0.1) is 17.8 Å². The van der Waals surface area contributed by atoms with Crippen molar-refractivity contribution in [2.45, 2.75) is 45.4 Å². The van der Waals surface area contributed by atoms with E-state index in [2.05, 4.69) is 28.4 Å². The average Bonchev–Trinajstić information content (AvgIpc) is 2.89. The largest absolute Gasteiger partial charge is 0.376 e. The highest BCUT2D eigenvalue weighted by molar-refractivity contribution is 5.31. The van der Waals surface area contributed by atoms with Gasteiger partial charge in [-0.1, -0.05) is 6.08 Å². The summed E-state index contributed by atoms with van der Waals surface area (Å²) in [6.07, 6.45) is 6.52. The van der Waals surface area contributed by atoms with Crippen LogP contribution >= 0.6 is 0 Å². The maximum absolute atomic E-state index is 5.67. The van der Waals surface area contributed by atoms with Gasteiger partial charge in [0, 0.05) is 19.3 Å². The van der Waals surface area contributed by atoms with Crippen molar-refractivity contribution in [2.24, 2.45) is 0 Å². The molecule has 0 aromatic carbocycles. The summed E-state index contributed by atoms with van der Waals surface area (Å²) in [5, 5.41) is 3.44. The molecular formula is C13H21N3O. The number of nitrogens with one attached hydrogen (secondary N) is 1. The smallest absolute Gasteiger partial charge is 0.203 e. The number of nitrogens with zero attached hydrogens (tertiary/aromatic N) is 2. The zero-order valence-corrected chi connectivity index (χ0v) is 10.6. The summed E-state index contributed by atoms with van der Waals surface area (Å²) in [5.74, 6) is 0.908. The Hall–Kier alpha value is -1.29. The molecule has 2 heterocycles. The molecule has 1 fully saturated rings. The number of aryl methyl sites for hydroxylation is 1. The van der Waals surface area contributed by atoms with Crippen molar-refractivity contribution in [1.29, 1.82) is 0 Å². The predicted octanol–water partition coefficient (Wildman–Crippen LogP) is 2.36. The van der Waals surface area contributed by atoms with Gasteiger partial charge < -0.3 is 14.6 Å². The number of rotatable bonds is 5. The topological polar surface area (TPSA) is 39.1 Å². The molecule has 2 rings (SSSR count). The summed E-state index contributed by atoms with van der Waals surface area (Å²) in [7, 11) is 0. The van der Waals surface area contributed by atoms with E-state index in [0.29, 0.717) is 12.1 Å². The first kappa shape index (κ1) is 12.2. The number of hydrogen-bond donors (Lipinski definition) is 1. The first-order valence-electron chi connectivity index (χ1n) is 6.23. The summed E-state index contributed by atoms with van der Waals surface area (Å²) < 4.78 is 7.75. The standard InChI is InChI=1S/C13H21N3O/c1-4-7-16-9-10(2)14-13(16)15-11(3)12-6-5-8-17-12/h4,9,11-12H,1,5-8H2,2-3H3,(H,14,15). The lowest BCUT2D eigenvalue weighted by molar-refractivity contribution is 0.0994. The molecule has 0 aliphatic carbocycles. The molecule has 1 aliphatic rings. The highest BCUT2D eigenvalue weighted by Crippen LogP contribution is 2.19. The van der Waals surface area contributed by atoms with Crippen molar-refractivity contribution < 1.29 is 4.74 Å². The Bertz CT molecular complexity index is 380. The van der Waals surface area contributed by atoms with Crippen LogP contribution in [-0.4, -0.2) is 28.3 Å². The van der Waals surface area contributed by atoms with Gasteiger partial charge in [-0.15, -0.1) is 6.58 Å². The van der Waals surface area contributed by atoms with Crippen LogP contribution in [0.5, 0.6) is 0 Å². The second-order valence-corrected chi connectivity index (χ2v) is 4.63. The van der Waals surface area contributed by atoms with Crippen LogP contribution in [0.1, 0.15) is 25.5 Å². The minimum absolute atomic E-state index is 0.294. The van der Waals surface area contributed by atoms with Gasteiger partial charge in [-0.2, -0.15) is 0 Å². The summed E-state index contributed by atoms with van der Waals surface area (Å²) >= 11 is 0. The van der Waals surface area contributed by atoms with E-state index in [1.807, 2.05) is 19.2 Å². The molecule has 1 saturated heterocycles. The fourth-order valence-corrected chi connectivity index (χ4v) is 2.23. The Labute approximate surface area is 103 Å².